The van der Waals surface area contributed by atoms with Crippen molar-refractivity contribution >= 4 is 5.91 Å². The van der Waals surface area contributed by atoms with Crippen molar-refractivity contribution in [2.75, 3.05) is 26.2 Å². The maximum atomic E-state index is 12.2. The molecule has 6 heteroatoms. The second-order valence-electron chi connectivity index (χ2n) is 5.72. The van der Waals surface area contributed by atoms with Crippen LogP contribution in [0.15, 0.2) is 10.6 Å². The van der Waals surface area contributed by atoms with Gasteiger partial charge in [-0.3, -0.25) is 9.69 Å². The van der Waals surface area contributed by atoms with E-state index in [1.54, 1.807) is 13.0 Å². The Kier molecular flexibility index (Phi) is 3.76. The van der Waals surface area contributed by atoms with Crippen LogP contribution in [-0.4, -0.2) is 64.3 Å². The third kappa shape index (κ3) is 2.58. The second-order valence-corrected chi connectivity index (χ2v) is 5.72. The van der Waals surface area contributed by atoms with E-state index in [0.29, 0.717) is 24.5 Å². The molecule has 2 unspecified atom stereocenters. The van der Waals surface area contributed by atoms with Gasteiger partial charge in [0.2, 0.25) is 0 Å². The molecule has 6 nitrogen and oxygen atoms in total. The first-order chi connectivity index (χ1) is 9.65. The Morgan fingerprint density at radius 1 is 1.35 bits per heavy atom. The predicted molar refractivity (Wildman–Crippen MR) is 72.4 cm³/mol. The molecule has 2 heterocycles. The van der Waals surface area contributed by atoms with E-state index < -0.39 is 0 Å². The van der Waals surface area contributed by atoms with E-state index >= 15 is 0 Å². The fraction of sp³-hybridized carbons (Fsp3) is 0.714. The summed E-state index contributed by atoms with van der Waals surface area (Å²) in [6.45, 7) is 4.81. The normalized spacial score (nSPS) is 28.0. The van der Waals surface area contributed by atoms with E-state index in [0.717, 1.165) is 32.4 Å². The molecule has 0 bridgehead atoms. The lowest BCUT2D eigenvalue weighted by Crippen LogP contribution is -2.53. The monoisotopic (exact) mass is 279 g/mol. The van der Waals surface area contributed by atoms with Crippen molar-refractivity contribution in [1.29, 1.82) is 0 Å². The van der Waals surface area contributed by atoms with Crippen LogP contribution in [0.25, 0.3) is 0 Å². The van der Waals surface area contributed by atoms with Gasteiger partial charge in [0, 0.05) is 38.3 Å². The molecule has 0 radical (unpaired) electrons. The molecule has 1 aromatic rings. The molecule has 1 aliphatic heterocycles. The van der Waals surface area contributed by atoms with E-state index in [-0.39, 0.29) is 18.1 Å². The zero-order valence-electron chi connectivity index (χ0n) is 11.8. The molecule has 1 saturated carbocycles. The number of piperazine rings is 1. The predicted octanol–water partition coefficient (Wildman–Crippen LogP) is 0.654. The molecule has 2 atom stereocenters. The van der Waals surface area contributed by atoms with Crippen LogP contribution < -0.4 is 0 Å². The molecule has 2 aliphatic rings. The topological polar surface area (TPSA) is 69.8 Å². The van der Waals surface area contributed by atoms with Crippen LogP contribution >= 0.6 is 0 Å². The molecule has 1 N–H and O–H groups in total. The van der Waals surface area contributed by atoms with Crippen LogP contribution in [0.5, 0.6) is 0 Å². The number of aromatic nitrogens is 1. The lowest BCUT2D eigenvalue weighted by molar-refractivity contribution is 0.0311. The Balaban J connectivity index is 1.57. The van der Waals surface area contributed by atoms with Crippen molar-refractivity contribution < 1.29 is 14.4 Å². The number of hydrogen-bond donors (Lipinski definition) is 1. The SMILES string of the molecule is Cc1cc(C(=O)N2CCN(C3CCCC3O)CC2)no1. The summed E-state index contributed by atoms with van der Waals surface area (Å²) in [6.07, 6.45) is 2.87. The Morgan fingerprint density at radius 2 is 2.10 bits per heavy atom. The molecular formula is C14H21N3O3. The van der Waals surface area contributed by atoms with Gasteiger partial charge >= 0.3 is 0 Å². The fourth-order valence-electron chi connectivity index (χ4n) is 3.23. The zero-order valence-corrected chi connectivity index (χ0v) is 11.8. The van der Waals surface area contributed by atoms with Gasteiger partial charge in [-0.1, -0.05) is 5.16 Å². The largest absolute Gasteiger partial charge is 0.391 e. The van der Waals surface area contributed by atoms with Crippen molar-refractivity contribution in [3.8, 4) is 0 Å². The lowest BCUT2D eigenvalue weighted by atomic mass is 10.1. The Bertz CT molecular complexity index is 480. The van der Waals surface area contributed by atoms with E-state index in [1.165, 1.54) is 0 Å². The summed E-state index contributed by atoms with van der Waals surface area (Å²) in [6, 6.07) is 1.96. The quantitative estimate of drug-likeness (QED) is 0.861. The highest BCUT2D eigenvalue weighted by molar-refractivity contribution is 5.92. The number of aryl methyl sites for hydroxylation is 1. The summed E-state index contributed by atoms with van der Waals surface area (Å²) in [7, 11) is 0. The van der Waals surface area contributed by atoms with E-state index in [1.807, 2.05) is 4.90 Å². The molecule has 1 aromatic heterocycles. The van der Waals surface area contributed by atoms with Crippen molar-refractivity contribution in [1.82, 2.24) is 15.0 Å². The molecule has 110 valence electrons. The number of rotatable bonds is 2. The Hall–Kier alpha value is -1.40. The number of aliphatic hydroxyl groups excluding tert-OH is 1. The van der Waals surface area contributed by atoms with Gasteiger partial charge in [-0.05, 0) is 26.2 Å². The fourth-order valence-corrected chi connectivity index (χ4v) is 3.23. The van der Waals surface area contributed by atoms with Crippen LogP contribution in [-0.2, 0) is 0 Å². The first-order valence-corrected chi connectivity index (χ1v) is 7.30. The Morgan fingerprint density at radius 3 is 2.65 bits per heavy atom. The van der Waals surface area contributed by atoms with Gasteiger partial charge in [0.25, 0.3) is 5.91 Å². The summed E-state index contributed by atoms with van der Waals surface area (Å²) in [4.78, 5) is 16.4. The Labute approximate surface area is 118 Å². The van der Waals surface area contributed by atoms with E-state index in [9.17, 15) is 9.90 Å². The number of aliphatic hydroxyl groups is 1. The van der Waals surface area contributed by atoms with Crippen LogP contribution in [0.4, 0.5) is 0 Å². The number of carbonyl (C=O) groups is 1. The van der Waals surface area contributed by atoms with Gasteiger partial charge in [-0.2, -0.15) is 0 Å². The number of amides is 1. The average molecular weight is 279 g/mol. The first kappa shape index (κ1) is 13.6. The van der Waals surface area contributed by atoms with Crippen molar-refractivity contribution in [2.24, 2.45) is 0 Å². The van der Waals surface area contributed by atoms with E-state index in [4.69, 9.17) is 4.52 Å². The van der Waals surface area contributed by atoms with Crippen LogP contribution in [0.2, 0.25) is 0 Å². The minimum atomic E-state index is -0.199. The zero-order chi connectivity index (χ0) is 14.1. The van der Waals surface area contributed by atoms with Gasteiger partial charge in [0.1, 0.15) is 5.76 Å². The molecule has 0 aromatic carbocycles. The standard InChI is InChI=1S/C14H21N3O3/c1-10-9-11(15-20-10)14(19)17-7-5-16(6-8-17)12-3-2-4-13(12)18/h9,12-13,18H,2-8H2,1H3. The summed E-state index contributed by atoms with van der Waals surface area (Å²) < 4.78 is 4.95. The smallest absolute Gasteiger partial charge is 0.276 e. The lowest BCUT2D eigenvalue weighted by Gasteiger charge is -2.38. The van der Waals surface area contributed by atoms with Gasteiger partial charge in [0.15, 0.2) is 5.69 Å². The summed E-state index contributed by atoms with van der Waals surface area (Å²) >= 11 is 0. The summed E-state index contributed by atoms with van der Waals surface area (Å²) in [5.41, 5.74) is 0.386. The van der Waals surface area contributed by atoms with Gasteiger partial charge in [-0.15, -0.1) is 0 Å². The van der Waals surface area contributed by atoms with Crippen molar-refractivity contribution in [3.05, 3.63) is 17.5 Å². The van der Waals surface area contributed by atoms with Gasteiger partial charge in [-0.25, -0.2) is 0 Å². The van der Waals surface area contributed by atoms with Crippen molar-refractivity contribution in [2.45, 2.75) is 38.3 Å². The minimum absolute atomic E-state index is 0.0616. The molecular weight excluding hydrogens is 258 g/mol. The molecule has 2 fully saturated rings. The maximum absolute atomic E-state index is 12.2. The van der Waals surface area contributed by atoms with Crippen LogP contribution in [0, 0.1) is 6.92 Å². The highest BCUT2D eigenvalue weighted by atomic mass is 16.5. The van der Waals surface area contributed by atoms with E-state index in [2.05, 4.69) is 10.1 Å². The number of nitrogens with zero attached hydrogens (tertiary/aromatic N) is 3. The molecule has 20 heavy (non-hydrogen) atoms. The van der Waals surface area contributed by atoms with Gasteiger partial charge in [0.05, 0.1) is 6.10 Å². The first-order valence-electron chi connectivity index (χ1n) is 7.30. The molecule has 1 amide bonds. The van der Waals surface area contributed by atoms with Crippen LogP contribution in [0.3, 0.4) is 0 Å². The van der Waals surface area contributed by atoms with Crippen LogP contribution in [0.1, 0.15) is 35.5 Å². The molecule has 1 saturated heterocycles. The molecule has 1 aliphatic carbocycles. The molecule has 0 spiro atoms. The highest BCUT2D eigenvalue weighted by Crippen LogP contribution is 2.25. The third-order valence-corrected chi connectivity index (χ3v) is 4.36. The minimum Gasteiger partial charge on any atom is -0.391 e. The third-order valence-electron chi connectivity index (χ3n) is 4.36. The highest BCUT2D eigenvalue weighted by Gasteiger charge is 2.33. The number of carbonyl (C=O) groups excluding carboxylic acids is 1. The average Bonchev–Trinajstić information content (AvgIpc) is 3.07. The second kappa shape index (κ2) is 5.54. The summed E-state index contributed by atoms with van der Waals surface area (Å²) in [5.74, 6) is 0.592. The summed E-state index contributed by atoms with van der Waals surface area (Å²) in [5, 5.41) is 13.7. The van der Waals surface area contributed by atoms with Crippen molar-refractivity contribution in [3.63, 3.8) is 0 Å². The number of hydrogen-bond acceptors (Lipinski definition) is 5. The van der Waals surface area contributed by atoms with Gasteiger partial charge < -0.3 is 14.5 Å². The maximum Gasteiger partial charge on any atom is 0.276 e. The molecule has 3 rings (SSSR count).